The van der Waals surface area contributed by atoms with Crippen molar-refractivity contribution in [1.29, 1.82) is 0 Å². The minimum Gasteiger partial charge on any atom is -0.368 e. The molecule has 0 spiro atoms. The highest BCUT2D eigenvalue weighted by Crippen LogP contribution is 2.24. The summed E-state index contributed by atoms with van der Waals surface area (Å²) in [6, 6.07) is 21.1. The third-order valence-corrected chi connectivity index (χ3v) is 5.14. The van der Waals surface area contributed by atoms with Gasteiger partial charge >= 0.3 is 0 Å². The summed E-state index contributed by atoms with van der Waals surface area (Å²) in [6.45, 7) is 0.804. The summed E-state index contributed by atoms with van der Waals surface area (Å²) in [4.78, 5) is 12.9. The van der Waals surface area contributed by atoms with Crippen LogP contribution in [-0.4, -0.2) is 26.1 Å². The molecule has 5 nitrogen and oxygen atoms in total. The zero-order valence-corrected chi connectivity index (χ0v) is 17.7. The molecule has 0 atom stereocenters. The van der Waals surface area contributed by atoms with Crippen LogP contribution in [0, 0.1) is 0 Å². The van der Waals surface area contributed by atoms with Crippen LogP contribution in [0.1, 0.15) is 30.4 Å². The predicted molar refractivity (Wildman–Crippen MR) is 124 cm³/mol. The van der Waals surface area contributed by atoms with Crippen LogP contribution in [0.25, 0.3) is 16.7 Å². The van der Waals surface area contributed by atoms with E-state index in [1.54, 1.807) is 6.33 Å². The summed E-state index contributed by atoms with van der Waals surface area (Å²) in [5.74, 6) is 0.690. The normalized spacial score (nSPS) is 10.9. The van der Waals surface area contributed by atoms with Gasteiger partial charge in [-0.25, -0.2) is 4.98 Å². The number of fused-ring (bicyclic) bond motifs is 1. The Hall–Kier alpha value is -3.18. The van der Waals surface area contributed by atoms with Gasteiger partial charge in [0.25, 0.3) is 0 Å². The highest BCUT2D eigenvalue weighted by Gasteiger charge is 2.10. The van der Waals surface area contributed by atoms with Crippen LogP contribution in [0.2, 0.25) is 5.28 Å². The molecule has 0 fully saturated rings. The number of imidazole rings is 1. The molecule has 2 aromatic heterocycles. The molecule has 0 unspecified atom stereocenters. The summed E-state index contributed by atoms with van der Waals surface area (Å²) in [7, 11) is 1.89. The molecule has 0 saturated carbocycles. The smallest absolute Gasteiger partial charge is 0.226 e. The number of allylic oxidation sites excluding steroid dienone is 1. The molecule has 0 aliphatic rings. The van der Waals surface area contributed by atoms with Crippen molar-refractivity contribution >= 4 is 34.2 Å². The van der Waals surface area contributed by atoms with Gasteiger partial charge in [-0.2, -0.15) is 9.97 Å². The predicted octanol–water partition coefficient (Wildman–Crippen LogP) is 5.73. The Morgan fingerprint density at radius 2 is 1.63 bits per heavy atom. The van der Waals surface area contributed by atoms with Gasteiger partial charge in [-0.3, -0.25) is 0 Å². The van der Waals surface area contributed by atoms with Gasteiger partial charge in [0.15, 0.2) is 17.0 Å². The number of aromatic nitrogens is 4. The number of hydrogen-bond donors (Lipinski definition) is 1. The highest BCUT2D eigenvalue weighted by atomic mass is 35.5. The first-order valence-corrected chi connectivity index (χ1v) is 10.5. The second kappa shape index (κ2) is 9.55. The number of halogens is 1. The van der Waals surface area contributed by atoms with Crippen LogP contribution in [0.4, 0.5) is 5.82 Å². The Bertz CT molecular complexity index is 1090. The van der Waals surface area contributed by atoms with Crippen LogP contribution in [0.15, 0.2) is 73.1 Å². The van der Waals surface area contributed by atoms with Crippen LogP contribution < -0.4 is 5.32 Å². The van der Waals surface area contributed by atoms with Gasteiger partial charge in [0.2, 0.25) is 5.28 Å². The van der Waals surface area contributed by atoms with Gasteiger partial charge in [-0.15, -0.1) is 0 Å². The van der Waals surface area contributed by atoms with Gasteiger partial charge in [-0.1, -0.05) is 66.7 Å². The maximum Gasteiger partial charge on any atom is 0.226 e. The first-order chi connectivity index (χ1) is 14.7. The molecule has 2 heterocycles. The van der Waals surface area contributed by atoms with Gasteiger partial charge in [-0.05, 0) is 47.6 Å². The van der Waals surface area contributed by atoms with E-state index < -0.39 is 0 Å². The summed E-state index contributed by atoms with van der Waals surface area (Å²) in [6.07, 6.45) is 7.15. The van der Waals surface area contributed by atoms with Crippen LogP contribution >= 0.6 is 11.6 Å². The van der Waals surface area contributed by atoms with Crippen LogP contribution in [0.5, 0.6) is 0 Å². The second-order valence-corrected chi connectivity index (χ2v) is 7.48. The molecule has 30 heavy (non-hydrogen) atoms. The van der Waals surface area contributed by atoms with Crippen molar-refractivity contribution in [3.8, 4) is 0 Å². The lowest BCUT2D eigenvalue weighted by atomic mass is 9.96. The number of anilines is 1. The Balaban J connectivity index is 1.37. The number of unbranched alkanes of at least 4 members (excludes halogenated alkanes) is 2. The van der Waals surface area contributed by atoms with E-state index in [-0.39, 0.29) is 5.28 Å². The van der Waals surface area contributed by atoms with Crippen LogP contribution in [-0.2, 0) is 7.05 Å². The number of benzene rings is 2. The number of aryl methyl sites for hydroxylation is 1. The first kappa shape index (κ1) is 20.1. The Morgan fingerprint density at radius 1 is 0.967 bits per heavy atom. The zero-order chi connectivity index (χ0) is 20.8. The van der Waals surface area contributed by atoms with Crippen molar-refractivity contribution in [2.75, 3.05) is 11.9 Å². The van der Waals surface area contributed by atoms with E-state index in [1.807, 2.05) is 11.6 Å². The topological polar surface area (TPSA) is 55.6 Å². The standard InChI is InChI=1S/C24H24ClN5/c1-30-17-27-21-22(28-24(25)29-23(21)30)26-16-10-4-9-15-20(18-11-5-2-6-12-18)19-13-7-3-8-14-19/h2-3,5-8,11-15,17H,4,9-10,16H2,1H3,(H,26,28,29). The average Bonchev–Trinajstić information content (AvgIpc) is 3.15. The molecule has 4 aromatic rings. The largest absolute Gasteiger partial charge is 0.368 e. The van der Waals surface area contributed by atoms with E-state index >= 15 is 0 Å². The Kier molecular flexibility index (Phi) is 6.40. The molecular formula is C24H24ClN5. The van der Waals surface area contributed by atoms with Gasteiger partial charge < -0.3 is 9.88 Å². The monoisotopic (exact) mass is 417 g/mol. The molecular weight excluding hydrogens is 394 g/mol. The maximum absolute atomic E-state index is 6.06. The quantitative estimate of drug-likeness (QED) is 0.294. The lowest BCUT2D eigenvalue weighted by molar-refractivity contribution is 0.777. The highest BCUT2D eigenvalue weighted by molar-refractivity contribution is 6.28. The van der Waals surface area contributed by atoms with Crippen molar-refractivity contribution < 1.29 is 0 Å². The second-order valence-electron chi connectivity index (χ2n) is 7.14. The lowest BCUT2D eigenvalue weighted by Crippen LogP contribution is -2.05. The van der Waals surface area contributed by atoms with Gasteiger partial charge in [0, 0.05) is 13.6 Å². The average molecular weight is 418 g/mol. The van der Waals surface area contributed by atoms with E-state index in [1.165, 1.54) is 16.7 Å². The van der Waals surface area contributed by atoms with E-state index in [0.717, 1.165) is 37.0 Å². The van der Waals surface area contributed by atoms with Crippen LogP contribution in [0.3, 0.4) is 0 Å². The zero-order valence-electron chi connectivity index (χ0n) is 16.9. The van der Waals surface area contributed by atoms with Crippen molar-refractivity contribution in [1.82, 2.24) is 19.5 Å². The Morgan fingerprint density at radius 3 is 2.30 bits per heavy atom. The summed E-state index contributed by atoms with van der Waals surface area (Å²) < 4.78 is 1.84. The first-order valence-electron chi connectivity index (χ1n) is 10.1. The Labute approximate surface area is 181 Å². The van der Waals surface area contributed by atoms with E-state index in [4.69, 9.17) is 11.6 Å². The van der Waals surface area contributed by atoms with Crippen molar-refractivity contribution in [3.63, 3.8) is 0 Å². The molecule has 0 aliphatic carbocycles. The van der Waals surface area contributed by atoms with Crippen molar-refractivity contribution in [2.24, 2.45) is 7.05 Å². The van der Waals surface area contributed by atoms with E-state index in [2.05, 4.69) is 87.0 Å². The SMILES string of the molecule is Cn1cnc2c(NCCCCC=C(c3ccccc3)c3ccccc3)nc(Cl)nc21. The molecule has 0 radical (unpaired) electrons. The molecule has 152 valence electrons. The number of nitrogens with zero attached hydrogens (tertiary/aromatic N) is 4. The van der Waals surface area contributed by atoms with Crippen molar-refractivity contribution in [2.45, 2.75) is 19.3 Å². The minimum absolute atomic E-state index is 0.229. The fourth-order valence-corrected chi connectivity index (χ4v) is 3.63. The maximum atomic E-state index is 6.06. The van der Waals surface area contributed by atoms with Gasteiger partial charge in [0.1, 0.15) is 0 Å². The number of nitrogens with one attached hydrogen (secondary N) is 1. The van der Waals surface area contributed by atoms with E-state index in [9.17, 15) is 0 Å². The molecule has 0 amide bonds. The fraction of sp³-hybridized carbons (Fsp3) is 0.208. The van der Waals surface area contributed by atoms with Gasteiger partial charge in [0.05, 0.1) is 6.33 Å². The molecule has 0 saturated heterocycles. The summed E-state index contributed by atoms with van der Waals surface area (Å²) in [5, 5.41) is 3.59. The molecule has 1 N–H and O–H groups in total. The molecule has 0 bridgehead atoms. The molecule has 4 rings (SSSR count). The minimum atomic E-state index is 0.229. The summed E-state index contributed by atoms with van der Waals surface area (Å²) in [5.41, 5.74) is 5.25. The molecule has 0 aliphatic heterocycles. The number of hydrogen-bond acceptors (Lipinski definition) is 4. The third kappa shape index (κ3) is 4.69. The molecule has 2 aromatic carbocycles. The summed E-state index contributed by atoms with van der Waals surface area (Å²) >= 11 is 6.06. The van der Waals surface area contributed by atoms with Crippen molar-refractivity contribution in [3.05, 3.63) is 89.5 Å². The fourth-order valence-electron chi connectivity index (χ4n) is 3.46. The van der Waals surface area contributed by atoms with E-state index in [0.29, 0.717) is 5.82 Å². The lowest BCUT2D eigenvalue weighted by Gasteiger charge is -2.09. The molecule has 6 heteroatoms. The number of rotatable bonds is 8. The third-order valence-electron chi connectivity index (χ3n) is 4.97.